The number of rotatable bonds is 5. The van der Waals surface area contributed by atoms with E-state index >= 15 is 4.39 Å². The second-order valence-corrected chi connectivity index (χ2v) is 9.65. The minimum Gasteiger partial charge on any atom is -0.508 e. The Balaban J connectivity index is 1.61. The lowest BCUT2D eigenvalue weighted by molar-refractivity contribution is -0.126. The maximum Gasteiger partial charge on any atom is 0.246 e. The molecule has 1 aromatic heterocycles. The van der Waals surface area contributed by atoms with Gasteiger partial charge < -0.3 is 20.0 Å². The van der Waals surface area contributed by atoms with Crippen LogP contribution in [0, 0.1) is 5.82 Å². The van der Waals surface area contributed by atoms with Gasteiger partial charge in [0, 0.05) is 43.2 Å². The monoisotopic (exact) mass is 511 g/mol. The van der Waals surface area contributed by atoms with Crippen molar-refractivity contribution in [1.29, 1.82) is 0 Å². The molecule has 180 valence electrons. The number of carbonyl (C=O) groups excluding carboxylic acids is 1. The van der Waals surface area contributed by atoms with Crippen LogP contribution in [0.5, 0.6) is 5.75 Å². The van der Waals surface area contributed by atoms with E-state index in [4.69, 9.17) is 11.6 Å². The fraction of sp³-hybridized carbons (Fsp3) is 0.231. The first-order valence-corrected chi connectivity index (χ1v) is 12.4. The molecular weight excluding hydrogens is 489 g/mol. The summed E-state index contributed by atoms with van der Waals surface area (Å²) in [7, 11) is 0. The van der Waals surface area contributed by atoms with Crippen LogP contribution in [0.1, 0.15) is 6.42 Å². The van der Waals surface area contributed by atoms with Crippen molar-refractivity contribution in [3.8, 4) is 16.9 Å². The number of carbonyl (C=O) groups is 1. The van der Waals surface area contributed by atoms with E-state index in [-0.39, 0.29) is 40.4 Å². The van der Waals surface area contributed by atoms with Gasteiger partial charge in [-0.3, -0.25) is 4.79 Å². The number of hydrogen-bond acceptors (Lipinski definition) is 6. The van der Waals surface area contributed by atoms with Gasteiger partial charge in [-0.1, -0.05) is 42.4 Å². The van der Waals surface area contributed by atoms with E-state index in [0.29, 0.717) is 37.0 Å². The number of aromatic nitrogens is 1. The molecule has 35 heavy (non-hydrogen) atoms. The zero-order chi connectivity index (χ0) is 24.7. The molecule has 9 heteroatoms. The zero-order valence-corrected chi connectivity index (χ0v) is 20.3. The van der Waals surface area contributed by atoms with Gasteiger partial charge in [-0.05, 0) is 58.6 Å². The molecule has 1 fully saturated rings. The van der Waals surface area contributed by atoms with E-state index < -0.39 is 5.82 Å². The quantitative estimate of drug-likeness (QED) is 0.360. The molecule has 4 aromatic rings. The maximum atomic E-state index is 16.0. The molecule has 2 heterocycles. The molecule has 0 radical (unpaired) electrons. The molecule has 0 aliphatic carbocycles. The molecule has 0 saturated carbocycles. The van der Waals surface area contributed by atoms with Crippen molar-refractivity contribution in [2.75, 3.05) is 31.1 Å². The number of amides is 1. The summed E-state index contributed by atoms with van der Waals surface area (Å²) in [5, 5.41) is 23.0. The van der Waals surface area contributed by atoms with Crippen LogP contribution in [-0.4, -0.2) is 57.7 Å². The summed E-state index contributed by atoms with van der Waals surface area (Å²) in [5.74, 6) is -0.684. The normalized spacial score (nSPS) is 16.3. The minimum atomic E-state index is -0.551. The zero-order valence-electron chi connectivity index (χ0n) is 18.7. The molecular formula is C26H23ClFN3O3S. The summed E-state index contributed by atoms with van der Waals surface area (Å²) >= 11 is 7.85. The Hall–Kier alpha value is -3.20. The van der Waals surface area contributed by atoms with Crippen LogP contribution in [0.4, 0.5) is 9.39 Å². The Morgan fingerprint density at radius 3 is 2.83 bits per heavy atom. The fourth-order valence-corrected chi connectivity index (χ4v) is 6.05. The Morgan fingerprint density at radius 2 is 2.06 bits per heavy atom. The molecule has 0 unspecified atom stereocenters. The number of hydrogen-bond donors (Lipinski definition) is 2. The van der Waals surface area contributed by atoms with Crippen molar-refractivity contribution in [2.45, 2.75) is 12.5 Å². The summed E-state index contributed by atoms with van der Waals surface area (Å²) in [4.78, 5) is 15.9. The van der Waals surface area contributed by atoms with Gasteiger partial charge in [0.15, 0.2) is 5.82 Å². The molecule has 1 atom stereocenters. The first kappa shape index (κ1) is 23.5. The molecule has 5 rings (SSSR count). The Bertz CT molecular complexity index is 1460. The minimum absolute atomic E-state index is 0.0204. The number of phenolic OH excluding ortho intramolecular Hbond substituents is 1. The third-order valence-corrected chi connectivity index (χ3v) is 7.65. The second kappa shape index (κ2) is 9.45. The Labute approximate surface area is 210 Å². The molecule has 2 N–H and O–H groups in total. The van der Waals surface area contributed by atoms with Crippen LogP contribution in [0.25, 0.3) is 32.8 Å². The lowest BCUT2D eigenvalue weighted by atomic mass is 9.96. The van der Waals surface area contributed by atoms with Gasteiger partial charge in [-0.25, -0.2) is 4.39 Å². The number of aromatic hydroxyl groups is 1. The van der Waals surface area contributed by atoms with Crippen LogP contribution in [0.2, 0.25) is 5.02 Å². The van der Waals surface area contributed by atoms with Crippen molar-refractivity contribution >= 4 is 55.7 Å². The number of anilines is 1. The summed E-state index contributed by atoms with van der Waals surface area (Å²) in [6.07, 6.45) is 1.74. The highest BCUT2D eigenvalue weighted by Crippen LogP contribution is 2.44. The lowest BCUT2D eigenvalue weighted by Gasteiger charge is -2.41. The average molecular weight is 512 g/mol. The SMILES string of the molecule is C=CC(=O)N1CCN(c2snc3c(F)c(-c4cc(O)cc5ccccc45)c(Cl)cc23)[C@@H](CCO)C1. The molecule has 1 saturated heterocycles. The van der Waals surface area contributed by atoms with Crippen molar-refractivity contribution in [2.24, 2.45) is 0 Å². The first-order valence-electron chi connectivity index (χ1n) is 11.2. The number of benzene rings is 3. The van der Waals surface area contributed by atoms with Gasteiger partial charge in [0.1, 0.15) is 16.3 Å². The Morgan fingerprint density at radius 1 is 1.26 bits per heavy atom. The third kappa shape index (κ3) is 4.11. The van der Waals surface area contributed by atoms with Gasteiger partial charge in [-0.15, -0.1) is 0 Å². The number of nitrogens with zero attached hydrogens (tertiary/aromatic N) is 3. The molecule has 1 aliphatic heterocycles. The van der Waals surface area contributed by atoms with Crippen molar-refractivity contribution in [1.82, 2.24) is 9.27 Å². The average Bonchev–Trinajstić information content (AvgIpc) is 3.27. The van der Waals surface area contributed by atoms with Crippen molar-refractivity contribution in [3.63, 3.8) is 0 Å². The molecule has 1 amide bonds. The van der Waals surface area contributed by atoms with Crippen LogP contribution >= 0.6 is 23.1 Å². The second-order valence-electron chi connectivity index (χ2n) is 8.49. The standard InChI is InChI=1S/C26H23ClFN3O3S/c1-2-22(34)30-8-9-31(16(14-30)7-10-32)26-20-13-21(27)23(24(28)25(20)29-35-26)19-12-17(33)11-15-5-3-4-6-18(15)19/h2-6,11-13,16,32-33H,1,7-10,14H2/t16-/m0/s1. The van der Waals surface area contributed by atoms with Gasteiger partial charge >= 0.3 is 0 Å². The number of halogens is 2. The number of phenols is 1. The van der Waals surface area contributed by atoms with Gasteiger partial charge in [0.25, 0.3) is 0 Å². The van der Waals surface area contributed by atoms with Crippen LogP contribution in [-0.2, 0) is 4.79 Å². The first-order chi connectivity index (χ1) is 16.9. The van der Waals surface area contributed by atoms with E-state index in [1.807, 2.05) is 24.3 Å². The predicted molar refractivity (Wildman–Crippen MR) is 139 cm³/mol. The third-order valence-electron chi connectivity index (χ3n) is 6.45. The number of piperazine rings is 1. The molecule has 6 nitrogen and oxygen atoms in total. The highest BCUT2D eigenvalue weighted by Gasteiger charge is 2.32. The lowest BCUT2D eigenvalue weighted by Crippen LogP contribution is -2.54. The maximum absolute atomic E-state index is 16.0. The highest BCUT2D eigenvalue weighted by molar-refractivity contribution is 7.11. The fourth-order valence-electron chi connectivity index (χ4n) is 4.80. The van der Waals surface area contributed by atoms with Crippen LogP contribution < -0.4 is 4.90 Å². The number of aliphatic hydroxyl groups is 1. The highest BCUT2D eigenvalue weighted by atomic mass is 35.5. The molecule has 0 bridgehead atoms. The molecule has 0 spiro atoms. The van der Waals surface area contributed by atoms with Gasteiger partial charge in [0.2, 0.25) is 5.91 Å². The summed E-state index contributed by atoms with van der Waals surface area (Å²) in [5.41, 5.74) is 0.884. The van der Waals surface area contributed by atoms with E-state index in [1.165, 1.54) is 23.7 Å². The largest absolute Gasteiger partial charge is 0.508 e. The van der Waals surface area contributed by atoms with Crippen molar-refractivity contribution < 1.29 is 19.4 Å². The molecule has 3 aromatic carbocycles. The smallest absolute Gasteiger partial charge is 0.246 e. The summed E-state index contributed by atoms with van der Waals surface area (Å²) < 4.78 is 20.4. The Kier molecular flexibility index (Phi) is 6.35. The molecule has 1 aliphatic rings. The van der Waals surface area contributed by atoms with E-state index in [0.717, 1.165) is 15.8 Å². The van der Waals surface area contributed by atoms with E-state index in [9.17, 15) is 15.0 Å². The van der Waals surface area contributed by atoms with Gasteiger partial charge in [0.05, 0.1) is 5.02 Å². The summed E-state index contributed by atoms with van der Waals surface area (Å²) in [6.45, 7) is 4.94. The summed E-state index contributed by atoms with van der Waals surface area (Å²) in [6, 6.07) is 12.1. The van der Waals surface area contributed by atoms with Gasteiger partial charge in [-0.2, -0.15) is 4.37 Å². The van der Waals surface area contributed by atoms with E-state index in [1.54, 1.807) is 17.0 Å². The van der Waals surface area contributed by atoms with Crippen LogP contribution in [0.15, 0.2) is 55.1 Å². The van der Waals surface area contributed by atoms with Crippen LogP contribution in [0.3, 0.4) is 0 Å². The van der Waals surface area contributed by atoms with Crippen molar-refractivity contribution in [3.05, 3.63) is 66.0 Å². The number of fused-ring (bicyclic) bond motifs is 2. The number of aliphatic hydroxyl groups excluding tert-OH is 1. The van der Waals surface area contributed by atoms with E-state index in [2.05, 4.69) is 15.9 Å². The predicted octanol–water partition coefficient (Wildman–Crippen LogP) is 5.20. The topological polar surface area (TPSA) is 76.9 Å².